The molecular weight excluding hydrogens is 374 g/mol. The van der Waals surface area contributed by atoms with Gasteiger partial charge in [-0.25, -0.2) is 9.37 Å². The van der Waals surface area contributed by atoms with E-state index in [-0.39, 0.29) is 17.1 Å². The summed E-state index contributed by atoms with van der Waals surface area (Å²) < 4.78 is 50.8. The molecule has 0 atom stereocenters. The van der Waals surface area contributed by atoms with E-state index in [0.29, 0.717) is 12.4 Å². The molecule has 8 heteroatoms. The van der Waals surface area contributed by atoms with Crippen molar-refractivity contribution in [3.63, 3.8) is 0 Å². The second-order valence-electron chi connectivity index (χ2n) is 5.91. The molecule has 0 radical (unpaired) electrons. The zero-order chi connectivity index (χ0) is 20.1. The van der Waals surface area contributed by atoms with Crippen LogP contribution in [-0.2, 0) is 12.7 Å². The number of carbonyl (C=O) groups is 1. The van der Waals surface area contributed by atoms with Gasteiger partial charge in [0, 0.05) is 18.4 Å². The quantitative estimate of drug-likeness (QED) is 0.597. The second kappa shape index (κ2) is 8.08. The minimum Gasteiger partial charge on any atom is -0.365 e. The van der Waals surface area contributed by atoms with Crippen LogP contribution in [0.1, 0.15) is 21.5 Å². The fraction of sp³-hybridized carbons (Fsp3) is 0.100. The Kier molecular flexibility index (Phi) is 5.58. The first-order valence-electron chi connectivity index (χ1n) is 8.25. The molecule has 28 heavy (non-hydrogen) atoms. The number of benzene rings is 2. The minimum atomic E-state index is -4.44. The number of pyridine rings is 1. The van der Waals surface area contributed by atoms with Crippen LogP contribution in [0.25, 0.3) is 0 Å². The fourth-order valence-electron chi connectivity index (χ4n) is 2.46. The van der Waals surface area contributed by atoms with Crippen molar-refractivity contribution >= 4 is 17.4 Å². The Balaban J connectivity index is 1.71. The Morgan fingerprint density at radius 3 is 2.29 bits per heavy atom. The summed E-state index contributed by atoms with van der Waals surface area (Å²) in [6, 6.07) is 13.1. The van der Waals surface area contributed by atoms with Gasteiger partial charge in [-0.3, -0.25) is 4.79 Å². The maximum absolute atomic E-state index is 13.0. The summed E-state index contributed by atoms with van der Waals surface area (Å²) in [5.74, 6) is -0.566. The van der Waals surface area contributed by atoms with Crippen LogP contribution < -0.4 is 10.6 Å². The van der Waals surface area contributed by atoms with Crippen molar-refractivity contribution in [1.29, 1.82) is 0 Å². The summed E-state index contributed by atoms with van der Waals surface area (Å²) in [6.07, 6.45) is -2.94. The van der Waals surface area contributed by atoms with Crippen molar-refractivity contribution in [1.82, 2.24) is 4.98 Å². The van der Waals surface area contributed by atoms with Gasteiger partial charge in [0.25, 0.3) is 5.91 Å². The van der Waals surface area contributed by atoms with Crippen LogP contribution in [0.5, 0.6) is 0 Å². The Bertz CT molecular complexity index is 954. The number of hydrogen-bond acceptors (Lipinski definition) is 3. The van der Waals surface area contributed by atoms with Crippen molar-refractivity contribution in [3.05, 3.63) is 89.4 Å². The van der Waals surface area contributed by atoms with Crippen molar-refractivity contribution in [3.8, 4) is 0 Å². The number of aromatic nitrogens is 1. The highest BCUT2D eigenvalue weighted by Gasteiger charge is 2.30. The van der Waals surface area contributed by atoms with E-state index >= 15 is 0 Å². The molecule has 1 amide bonds. The number of amides is 1. The molecule has 4 nitrogen and oxygen atoms in total. The highest BCUT2D eigenvalue weighted by Crippen LogP contribution is 2.30. The van der Waals surface area contributed by atoms with Crippen LogP contribution in [-0.4, -0.2) is 10.9 Å². The highest BCUT2D eigenvalue weighted by atomic mass is 19.4. The molecule has 3 rings (SSSR count). The third kappa shape index (κ3) is 4.85. The van der Waals surface area contributed by atoms with Crippen LogP contribution in [0, 0.1) is 5.82 Å². The average molecular weight is 389 g/mol. The van der Waals surface area contributed by atoms with Gasteiger partial charge in [0.1, 0.15) is 11.6 Å². The van der Waals surface area contributed by atoms with Crippen LogP contribution in [0.3, 0.4) is 0 Å². The van der Waals surface area contributed by atoms with Gasteiger partial charge in [0.2, 0.25) is 0 Å². The lowest BCUT2D eigenvalue weighted by molar-refractivity contribution is -0.137. The number of rotatable bonds is 5. The molecule has 0 aliphatic rings. The predicted octanol–water partition coefficient (Wildman–Crippen LogP) is 5.10. The molecule has 0 aliphatic carbocycles. The lowest BCUT2D eigenvalue weighted by atomic mass is 10.1. The summed E-state index contributed by atoms with van der Waals surface area (Å²) in [5, 5.41) is 5.55. The van der Waals surface area contributed by atoms with E-state index in [1.807, 2.05) is 0 Å². The van der Waals surface area contributed by atoms with Crippen molar-refractivity contribution < 1.29 is 22.4 Å². The lowest BCUT2D eigenvalue weighted by Crippen LogP contribution is -2.16. The third-order valence-corrected chi connectivity index (χ3v) is 3.90. The average Bonchev–Trinajstić information content (AvgIpc) is 2.67. The van der Waals surface area contributed by atoms with Gasteiger partial charge in [-0.1, -0.05) is 12.1 Å². The fourth-order valence-corrected chi connectivity index (χ4v) is 2.46. The molecule has 0 saturated carbocycles. The van der Waals surface area contributed by atoms with E-state index in [0.717, 1.165) is 17.7 Å². The summed E-state index contributed by atoms with van der Waals surface area (Å²) in [6.45, 7) is 0.317. The van der Waals surface area contributed by atoms with Gasteiger partial charge in [-0.15, -0.1) is 0 Å². The van der Waals surface area contributed by atoms with Gasteiger partial charge < -0.3 is 10.6 Å². The summed E-state index contributed by atoms with van der Waals surface area (Å²) >= 11 is 0. The van der Waals surface area contributed by atoms with E-state index in [4.69, 9.17) is 0 Å². The summed E-state index contributed by atoms with van der Waals surface area (Å²) in [7, 11) is 0. The number of halogens is 4. The SMILES string of the molecule is O=C(Nc1ccc(C(F)(F)F)cc1)c1cccnc1NCc1ccc(F)cc1. The van der Waals surface area contributed by atoms with Crippen LogP contribution in [0.4, 0.5) is 29.1 Å². The maximum Gasteiger partial charge on any atom is 0.416 e. The minimum absolute atomic E-state index is 0.226. The predicted molar refractivity (Wildman–Crippen MR) is 97.4 cm³/mol. The highest BCUT2D eigenvalue weighted by molar-refractivity contribution is 6.07. The van der Waals surface area contributed by atoms with Crippen molar-refractivity contribution in [2.75, 3.05) is 10.6 Å². The number of nitrogens with one attached hydrogen (secondary N) is 2. The topological polar surface area (TPSA) is 54.0 Å². The maximum atomic E-state index is 13.0. The van der Waals surface area contributed by atoms with Crippen molar-refractivity contribution in [2.45, 2.75) is 12.7 Å². The summed E-state index contributed by atoms with van der Waals surface area (Å²) in [4.78, 5) is 16.6. The first-order chi connectivity index (χ1) is 13.3. The van der Waals surface area contributed by atoms with Gasteiger partial charge >= 0.3 is 6.18 Å². The molecule has 0 bridgehead atoms. The van der Waals surface area contributed by atoms with Gasteiger partial charge in [0.05, 0.1) is 11.1 Å². The monoisotopic (exact) mass is 389 g/mol. The van der Waals surface area contributed by atoms with Gasteiger partial charge in [-0.2, -0.15) is 13.2 Å². The molecule has 1 heterocycles. The molecule has 0 fully saturated rings. The Morgan fingerprint density at radius 2 is 1.64 bits per heavy atom. The van der Waals surface area contributed by atoms with E-state index in [1.165, 1.54) is 30.5 Å². The Hall–Kier alpha value is -3.42. The number of alkyl halides is 3. The third-order valence-electron chi connectivity index (χ3n) is 3.90. The van der Waals surface area contributed by atoms with Crippen LogP contribution >= 0.6 is 0 Å². The molecule has 0 spiro atoms. The Labute approximate surface area is 158 Å². The first-order valence-corrected chi connectivity index (χ1v) is 8.25. The zero-order valence-corrected chi connectivity index (χ0v) is 14.4. The molecule has 1 aromatic heterocycles. The number of hydrogen-bond donors (Lipinski definition) is 2. The summed E-state index contributed by atoms with van der Waals surface area (Å²) in [5.41, 5.74) is 0.450. The molecule has 2 N–H and O–H groups in total. The largest absolute Gasteiger partial charge is 0.416 e. The molecule has 0 saturated heterocycles. The molecule has 2 aromatic carbocycles. The van der Waals surface area contributed by atoms with Crippen LogP contribution in [0.2, 0.25) is 0 Å². The van der Waals surface area contributed by atoms with Gasteiger partial charge in [-0.05, 0) is 54.1 Å². The van der Waals surface area contributed by atoms with E-state index in [1.54, 1.807) is 24.3 Å². The van der Waals surface area contributed by atoms with E-state index in [2.05, 4.69) is 15.6 Å². The molecule has 0 aliphatic heterocycles. The van der Waals surface area contributed by atoms with E-state index in [9.17, 15) is 22.4 Å². The number of nitrogens with zero attached hydrogens (tertiary/aromatic N) is 1. The smallest absolute Gasteiger partial charge is 0.365 e. The number of carbonyl (C=O) groups excluding carboxylic acids is 1. The molecule has 144 valence electrons. The van der Waals surface area contributed by atoms with Gasteiger partial charge in [0.15, 0.2) is 0 Å². The zero-order valence-electron chi connectivity index (χ0n) is 14.4. The standard InChI is InChI=1S/C20H15F4N3O/c21-15-7-3-13(4-8-15)12-26-18-17(2-1-11-25-18)19(28)27-16-9-5-14(6-10-16)20(22,23)24/h1-11H,12H2,(H,25,26)(H,27,28). The lowest BCUT2D eigenvalue weighted by Gasteiger charge is -2.12. The first kappa shape index (κ1) is 19.3. The second-order valence-corrected chi connectivity index (χ2v) is 5.91. The van der Waals surface area contributed by atoms with Crippen LogP contribution in [0.15, 0.2) is 66.9 Å². The number of anilines is 2. The van der Waals surface area contributed by atoms with E-state index < -0.39 is 17.6 Å². The molecule has 3 aromatic rings. The molecular formula is C20H15F4N3O. The van der Waals surface area contributed by atoms with Crippen molar-refractivity contribution in [2.24, 2.45) is 0 Å². The normalized spacial score (nSPS) is 11.1. The molecule has 0 unspecified atom stereocenters. The Morgan fingerprint density at radius 1 is 0.964 bits per heavy atom.